The maximum Gasteiger partial charge on any atom is 0.143 e. The van der Waals surface area contributed by atoms with Crippen molar-refractivity contribution in [2.45, 2.75) is 34.1 Å². The number of hydrogen-bond donors (Lipinski definition) is 3. The summed E-state index contributed by atoms with van der Waals surface area (Å²) in [4.78, 5) is 0. The summed E-state index contributed by atoms with van der Waals surface area (Å²) >= 11 is 6.85. The van der Waals surface area contributed by atoms with E-state index in [9.17, 15) is 0 Å². The molecule has 6 heteroatoms. The highest BCUT2D eigenvalue weighted by atomic mass is 79.9. The van der Waals surface area contributed by atoms with E-state index in [1.807, 2.05) is 26.0 Å². The Kier molecular flexibility index (Phi) is 11.5. The molecule has 2 heterocycles. The second-order valence-corrected chi connectivity index (χ2v) is 10.6. The Bertz CT molecular complexity index is 2160. The summed E-state index contributed by atoms with van der Waals surface area (Å²) in [5.74, 6) is 0. The molecule has 0 aliphatic rings. The lowest BCUT2D eigenvalue weighted by atomic mass is 9.97. The van der Waals surface area contributed by atoms with Crippen LogP contribution in [0.25, 0.3) is 76.5 Å². The third-order valence-corrected chi connectivity index (χ3v) is 7.78. The van der Waals surface area contributed by atoms with E-state index in [0.29, 0.717) is 0 Å². The average molecular weight is 668 g/mol. The molecule has 0 spiro atoms. The lowest BCUT2D eigenvalue weighted by molar-refractivity contribution is 0.669. The Morgan fingerprint density at radius 3 is 1.86 bits per heavy atom. The zero-order chi connectivity index (χ0) is 31.8. The maximum absolute atomic E-state index is 6.41. The number of hydrogen-bond acceptors (Lipinski definition) is 5. The minimum Gasteiger partial charge on any atom is -0.456 e. The van der Waals surface area contributed by atoms with Gasteiger partial charge >= 0.3 is 0 Å². The number of furan rings is 2. The minimum absolute atomic E-state index is 0.898. The first kappa shape index (κ1) is 33.1. The molecule has 0 aliphatic heterocycles. The molecule has 2 aromatic heterocycles. The van der Waals surface area contributed by atoms with Crippen molar-refractivity contribution in [3.63, 3.8) is 0 Å². The van der Waals surface area contributed by atoms with Gasteiger partial charge < -0.3 is 14.6 Å². The number of thiol groups is 1. The Labute approximate surface area is 272 Å². The summed E-state index contributed by atoms with van der Waals surface area (Å²) in [6.45, 7) is 8.25. The summed E-state index contributed by atoms with van der Waals surface area (Å²) in [6, 6.07) is 36.2. The van der Waals surface area contributed by atoms with Crippen molar-refractivity contribution in [2.24, 2.45) is 10.9 Å². The predicted octanol–water partition coefficient (Wildman–Crippen LogP) is 12.0. The van der Waals surface area contributed by atoms with Crippen LogP contribution in [0.4, 0.5) is 0 Å². The molecule has 0 saturated carbocycles. The van der Waals surface area contributed by atoms with Gasteiger partial charge in [0.2, 0.25) is 0 Å². The van der Waals surface area contributed by atoms with Gasteiger partial charge in [0.1, 0.15) is 22.3 Å². The van der Waals surface area contributed by atoms with Crippen LogP contribution in [-0.4, -0.2) is 7.05 Å². The van der Waals surface area contributed by atoms with Gasteiger partial charge in [0.15, 0.2) is 0 Å². The molecular weight excluding hydrogens is 628 g/mol. The Hall–Kier alpha value is -3.81. The highest BCUT2D eigenvalue weighted by Gasteiger charge is 2.16. The number of nitrogens with two attached hydrogens (primary N) is 2. The van der Waals surface area contributed by atoms with Crippen LogP contribution in [0.15, 0.2) is 116 Å². The third kappa shape index (κ3) is 6.08. The van der Waals surface area contributed by atoms with Gasteiger partial charge in [-0.1, -0.05) is 117 Å². The number of para-hydroxylation sites is 1. The third-order valence-electron chi connectivity index (χ3n) is 7.12. The smallest absolute Gasteiger partial charge is 0.143 e. The van der Waals surface area contributed by atoms with Gasteiger partial charge in [0.25, 0.3) is 0 Å². The molecular formula is C38H39BrN2O2S. The summed E-state index contributed by atoms with van der Waals surface area (Å²) in [7, 11) is 1.50. The van der Waals surface area contributed by atoms with E-state index in [0.717, 1.165) is 53.7 Å². The SMILES string of the molecule is Brc1cc2oc3c4ccccc4ccc3c2c2ccc(-c3ccc4oc5ccccc5c4c3)cc12.CC.CCC.CN.NS. The van der Waals surface area contributed by atoms with E-state index in [-0.39, 0.29) is 0 Å². The Balaban J connectivity index is 0.000000450. The minimum atomic E-state index is 0.898. The highest BCUT2D eigenvalue weighted by molar-refractivity contribution is 9.10. The zero-order valence-electron chi connectivity index (χ0n) is 25.8. The van der Waals surface area contributed by atoms with Gasteiger partial charge in [-0.15, -0.1) is 12.8 Å². The van der Waals surface area contributed by atoms with E-state index in [1.165, 1.54) is 40.8 Å². The van der Waals surface area contributed by atoms with Crippen LogP contribution in [0.1, 0.15) is 34.1 Å². The first-order chi connectivity index (χ1) is 21.7. The quantitative estimate of drug-likeness (QED) is 0.152. The second-order valence-electron chi connectivity index (χ2n) is 9.77. The molecule has 0 radical (unpaired) electrons. The van der Waals surface area contributed by atoms with Gasteiger partial charge in [0, 0.05) is 31.4 Å². The summed E-state index contributed by atoms with van der Waals surface area (Å²) in [5, 5.41) is 13.5. The first-order valence-corrected chi connectivity index (χ1v) is 16.2. The molecule has 8 aromatic rings. The van der Waals surface area contributed by atoms with Crippen molar-refractivity contribution in [3.8, 4) is 11.1 Å². The van der Waals surface area contributed by atoms with E-state index in [2.05, 4.69) is 144 Å². The molecule has 0 amide bonds. The molecule has 0 aliphatic carbocycles. The number of rotatable bonds is 1. The van der Waals surface area contributed by atoms with Crippen LogP contribution in [0, 0.1) is 0 Å². The normalized spacial score (nSPS) is 10.5. The van der Waals surface area contributed by atoms with Gasteiger partial charge in [0.05, 0.1) is 0 Å². The largest absolute Gasteiger partial charge is 0.456 e. The second kappa shape index (κ2) is 15.3. The molecule has 0 atom stereocenters. The van der Waals surface area contributed by atoms with E-state index >= 15 is 0 Å². The fraction of sp³-hybridized carbons (Fsp3) is 0.158. The lowest BCUT2D eigenvalue weighted by Crippen LogP contribution is -1.82. The molecule has 4 N–H and O–H groups in total. The van der Waals surface area contributed by atoms with Gasteiger partial charge in [-0.2, -0.15) is 0 Å². The van der Waals surface area contributed by atoms with Crippen molar-refractivity contribution in [1.82, 2.24) is 0 Å². The highest BCUT2D eigenvalue weighted by Crippen LogP contribution is 2.42. The van der Waals surface area contributed by atoms with Crippen molar-refractivity contribution < 1.29 is 8.83 Å². The van der Waals surface area contributed by atoms with Crippen LogP contribution >= 0.6 is 28.7 Å². The number of fused-ring (bicyclic) bond motifs is 10. The van der Waals surface area contributed by atoms with E-state index < -0.39 is 0 Å². The van der Waals surface area contributed by atoms with Crippen molar-refractivity contribution in [1.29, 1.82) is 0 Å². The molecule has 4 nitrogen and oxygen atoms in total. The van der Waals surface area contributed by atoms with Crippen LogP contribution < -0.4 is 10.9 Å². The molecule has 0 bridgehead atoms. The fourth-order valence-corrected chi connectivity index (χ4v) is 6.00. The fourth-order valence-electron chi connectivity index (χ4n) is 5.46. The standard InChI is InChI=1S/C32H17BrO2.C3H8.C2H6.CH5N.H3NS/c33-27-17-30-31(24-13-9-18-5-1-2-6-21(18)32(24)35-30)23-12-10-19(15-25(23)27)20-11-14-29-26(16-20)22-7-3-4-8-28(22)34-29;1-3-2;3*1-2/h1-17H;3H2,1-2H3;1-2H3;2H2,1H3;2H,1H2. The molecule has 44 heavy (non-hydrogen) atoms. The number of halogens is 1. The van der Waals surface area contributed by atoms with Crippen LogP contribution in [-0.2, 0) is 0 Å². The predicted molar refractivity (Wildman–Crippen MR) is 200 cm³/mol. The van der Waals surface area contributed by atoms with Crippen LogP contribution in [0.3, 0.4) is 0 Å². The van der Waals surface area contributed by atoms with Crippen LogP contribution in [0.5, 0.6) is 0 Å². The van der Waals surface area contributed by atoms with E-state index in [1.54, 1.807) is 0 Å². The van der Waals surface area contributed by atoms with Crippen molar-refractivity contribution >= 4 is 94.2 Å². The Morgan fingerprint density at radius 2 is 1.14 bits per heavy atom. The monoisotopic (exact) mass is 666 g/mol. The summed E-state index contributed by atoms with van der Waals surface area (Å²) in [6.07, 6.45) is 1.25. The average Bonchev–Trinajstić information content (AvgIpc) is 3.66. The lowest BCUT2D eigenvalue weighted by Gasteiger charge is -2.08. The molecule has 0 fully saturated rings. The van der Waals surface area contributed by atoms with Crippen LogP contribution in [0.2, 0.25) is 0 Å². The molecule has 226 valence electrons. The number of benzene rings is 6. The molecule has 6 aromatic carbocycles. The topological polar surface area (TPSA) is 78.3 Å². The van der Waals surface area contributed by atoms with Gasteiger partial charge in [-0.3, -0.25) is 5.14 Å². The first-order valence-electron chi connectivity index (χ1n) is 14.9. The molecule has 8 rings (SSSR count). The maximum atomic E-state index is 6.41. The van der Waals surface area contributed by atoms with Crippen molar-refractivity contribution in [3.05, 3.63) is 108 Å². The van der Waals surface area contributed by atoms with Gasteiger partial charge in [-0.25, -0.2) is 0 Å². The molecule has 0 saturated heterocycles. The summed E-state index contributed by atoms with van der Waals surface area (Å²) in [5.41, 5.74) is 10.5. The van der Waals surface area contributed by atoms with E-state index in [4.69, 9.17) is 8.83 Å². The van der Waals surface area contributed by atoms with Crippen molar-refractivity contribution in [2.75, 3.05) is 7.05 Å². The Morgan fingerprint density at radius 1 is 0.568 bits per heavy atom. The van der Waals surface area contributed by atoms with Gasteiger partial charge in [-0.05, 0) is 70.7 Å². The molecule has 0 unspecified atom stereocenters. The zero-order valence-corrected chi connectivity index (χ0v) is 28.3. The summed E-state index contributed by atoms with van der Waals surface area (Å²) < 4.78 is 13.5.